The number of anilines is 5. The molecule has 6 bridgehead atoms. The molecule has 0 atom stereocenters. The third-order valence-corrected chi connectivity index (χ3v) is 5.18. The molecule has 0 unspecified atom stereocenters. The largest absolute Gasteiger partial charge is 0.339 e. The van der Waals surface area contributed by atoms with Crippen LogP contribution in [0.1, 0.15) is 31.9 Å². The number of fused-ring (bicyclic) bond motifs is 6. The Morgan fingerprint density at radius 2 is 1.87 bits per heavy atom. The van der Waals surface area contributed by atoms with Gasteiger partial charge in [-0.3, -0.25) is 4.79 Å². The molecule has 2 heterocycles. The van der Waals surface area contributed by atoms with E-state index in [9.17, 15) is 4.79 Å². The number of aryl methyl sites for hydroxylation is 2. The van der Waals surface area contributed by atoms with Crippen molar-refractivity contribution in [2.45, 2.75) is 33.6 Å². The Balaban J connectivity index is 1.76. The second-order valence-corrected chi connectivity index (χ2v) is 8.82. The zero-order valence-electron chi connectivity index (χ0n) is 17.2. The minimum atomic E-state index is -0.474. The molecule has 1 aliphatic heterocycles. The number of rotatable bonds is 1. The number of hydrogen-bond acceptors (Lipinski definition) is 5. The molecule has 0 fully saturated rings. The lowest BCUT2D eigenvalue weighted by Crippen LogP contribution is -2.28. The van der Waals surface area contributed by atoms with Gasteiger partial charge in [-0.2, -0.15) is 4.98 Å². The Morgan fingerprint density at radius 1 is 1.07 bits per heavy atom. The molecule has 4 rings (SSSR count). The van der Waals surface area contributed by atoms with Gasteiger partial charge in [0.2, 0.25) is 11.9 Å². The smallest absolute Gasteiger partial charge is 0.229 e. The molecule has 154 valence electrons. The molecule has 0 spiro atoms. The molecule has 2 aromatic carbocycles. The first-order valence-corrected chi connectivity index (χ1v) is 10.3. The molecular weight excluding hydrogens is 398 g/mol. The van der Waals surface area contributed by atoms with Crippen LogP contribution in [0.25, 0.3) is 0 Å². The molecule has 0 aliphatic carbocycles. The molecular formula is C23H24ClN5O. The number of hydrogen-bond donors (Lipinski definition) is 3. The van der Waals surface area contributed by atoms with Crippen LogP contribution >= 0.6 is 11.6 Å². The van der Waals surface area contributed by atoms with Gasteiger partial charge in [0, 0.05) is 22.5 Å². The SMILES string of the molecule is CC(C)(C)C(=O)Nc1ccc2cc1CCc1cccc(c1)Nc1ncc(Cl)c(n1)N2. The molecule has 0 saturated heterocycles. The molecule has 6 nitrogen and oxygen atoms in total. The molecule has 30 heavy (non-hydrogen) atoms. The zero-order valence-corrected chi connectivity index (χ0v) is 18.0. The normalized spacial score (nSPS) is 13.1. The van der Waals surface area contributed by atoms with Crippen LogP contribution in [0.15, 0.2) is 48.7 Å². The van der Waals surface area contributed by atoms with E-state index >= 15 is 0 Å². The van der Waals surface area contributed by atoms with Crippen LogP contribution in [0, 0.1) is 5.41 Å². The first-order chi connectivity index (χ1) is 14.3. The summed E-state index contributed by atoms with van der Waals surface area (Å²) in [4.78, 5) is 21.3. The second kappa shape index (κ2) is 7.95. The van der Waals surface area contributed by atoms with E-state index in [4.69, 9.17) is 11.6 Å². The molecule has 1 aromatic heterocycles. The lowest BCUT2D eigenvalue weighted by molar-refractivity contribution is -0.123. The number of aromatic nitrogens is 2. The number of carbonyl (C=O) groups excluding carboxylic acids is 1. The van der Waals surface area contributed by atoms with Gasteiger partial charge in [0.1, 0.15) is 5.02 Å². The lowest BCUT2D eigenvalue weighted by atomic mass is 9.95. The Bertz CT molecular complexity index is 1110. The Morgan fingerprint density at radius 3 is 2.67 bits per heavy atom. The quantitative estimate of drug-likeness (QED) is 0.469. The summed E-state index contributed by atoms with van der Waals surface area (Å²) in [6.45, 7) is 5.71. The molecule has 1 aliphatic rings. The van der Waals surface area contributed by atoms with Crippen molar-refractivity contribution in [2.75, 3.05) is 16.0 Å². The fourth-order valence-electron chi connectivity index (χ4n) is 3.17. The number of carbonyl (C=O) groups is 1. The van der Waals surface area contributed by atoms with Crippen molar-refractivity contribution in [3.05, 3.63) is 64.8 Å². The zero-order chi connectivity index (χ0) is 21.3. The first kappa shape index (κ1) is 20.2. The van der Waals surface area contributed by atoms with Crippen LogP contribution in [0.2, 0.25) is 5.02 Å². The van der Waals surface area contributed by atoms with Gasteiger partial charge in [0.15, 0.2) is 5.82 Å². The molecule has 0 radical (unpaired) electrons. The summed E-state index contributed by atoms with van der Waals surface area (Å²) in [5.41, 5.74) is 4.32. The van der Waals surface area contributed by atoms with Crippen molar-refractivity contribution in [3.63, 3.8) is 0 Å². The molecule has 1 amide bonds. The van der Waals surface area contributed by atoms with Crippen LogP contribution in [-0.2, 0) is 17.6 Å². The van der Waals surface area contributed by atoms with E-state index < -0.39 is 5.41 Å². The Hall–Kier alpha value is -3.12. The summed E-state index contributed by atoms with van der Waals surface area (Å²) in [6, 6.07) is 14.0. The predicted molar refractivity (Wildman–Crippen MR) is 122 cm³/mol. The second-order valence-electron chi connectivity index (χ2n) is 8.42. The van der Waals surface area contributed by atoms with E-state index in [1.165, 1.54) is 5.56 Å². The average molecular weight is 422 g/mol. The molecule has 0 saturated carbocycles. The summed E-state index contributed by atoms with van der Waals surface area (Å²) < 4.78 is 0. The third-order valence-electron chi connectivity index (χ3n) is 4.91. The Kier molecular flexibility index (Phi) is 5.35. The van der Waals surface area contributed by atoms with E-state index in [1.54, 1.807) is 6.20 Å². The van der Waals surface area contributed by atoms with Crippen molar-refractivity contribution >= 4 is 46.3 Å². The summed E-state index contributed by atoms with van der Waals surface area (Å²) in [6.07, 6.45) is 3.17. The fraction of sp³-hybridized carbons (Fsp3) is 0.261. The van der Waals surface area contributed by atoms with Crippen molar-refractivity contribution in [1.82, 2.24) is 9.97 Å². The van der Waals surface area contributed by atoms with E-state index in [1.807, 2.05) is 51.1 Å². The van der Waals surface area contributed by atoms with Crippen LogP contribution in [-0.4, -0.2) is 15.9 Å². The van der Waals surface area contributed by atoms with Gasteiger partial charge in [-0.25, -0.2) is 4.98 Å². The standard InChI is InChI=1S/C23H24ClN5O/c1-23(2,3)21(30)28-19-10-9-17-12-15(19)8-7-14-5-4-6-16(11-14)27-22-25-13-18(24)20(26-17)29-22/h4-6,9-13H,7-8H2,1-3H3,(H,28,30)(H2,25,26,27,29). The molecule has 7 heteroatoms. The lowest BCUT2D eigenvalue weighted by Gasteiger charge is -2.20. The first-order valence-electron chi connectivity index (χ1n) is 9.88. The number of nitrogens with zero attached hydrogens (tertiary/aromatic N) is 2. The summed E-state index contributed by atoms with van der Waals surface area (Å²) >= 11 is 6.31. The minimum Gasteiger partial charge on any atom is -0.339 e. The van der Waals surface area contributed by atoms with Crippen molar-refractivity contribution in [1.29, 1.82) is 0 Å². The van der Waals surface area contributed by atoms with Gasteiger partial charge in [-0.1, -0.05) is 44.5 Å². The summed E-state index contributed by atoms with van der Waals surface area (Å²) in [7, 11) is 0. The number of benzene rings is 2. The van der Waals surface area contributed by atoms with Crippen LogP contribution in [0.3, 0.4) is 0 Å². The van der Waals surface area contributed by atoms with E-state index in [0.717, 1.165) is 35.5 Å². The van der Waals surface area contributed by atoms with Gasteiger partial charge in [0.05, 0.1) is 6.20 Å². The number of amides is 1. The fourth-order valence-corrected chi connectivity index (χ4v) is 3.31. The van der Waals surface area contributed by atoms with E-state index in [-0.39, 0.29) is 5.91 Å². The van der Waals surface area contributed by atoms with E-state index in [0.29, 0.717) is 16.8 Å². The van der Waals surface area contributed by atoms with Crippen LogP contribution in [0.4, 0.5) is 28.8 Å². The number of nitrogens with one attached hydrogen (secondary N) is 3. The number of halogens is 1. The summed E-state index contributed by atoms with van der Waals surface area (Å²) in [5, 5.41) is 10.0. The van der Waals surface area contributed by atoms with Crippen molar-refractivity contribution < 1.29 is 4.79 Å². The topological polar surface area (TPSA) is 78.9 Å². The highest BCUT2D eigenvalue weighted by atomic mass is 35.5. The monoisotopic (exact) mass is 421 g/mol. The van der Waals surface area contributed by atoms with E-state index in [2.05, 4.69) is 38.1 Å². The maximum atomic E-state index is 12.6. The predicted octanol–water partition coefficient (Wildman–Crippen LogP) is 5.70. The third kappa shape index (κ3) is 4.54. The average Bonchev–Trinajstić information content (AvgIpc) is 2.70. The van der Waals surface area contributed by atoms with Crippen LogP contribution in [0.5, 0.6) is 0 Å². The molecule has 3 aromatic rings. The maximum absolute atomic E-state index is 12.6. The highest BCUT2D eigenvalue weighted by Crippen LogP contribution is 2.30. The van der Waals surface area contributed by atoms with Gasteiger partial charge in [0.25, 0.3) is 0 Å². The highest BCUT2D eigenvalue weighted by molar-refractivity contribution is 6.32. The highest BCUT2D eigenvalue weighted by Gasteiger charge is 2.22. The van der Waals surface area contributed by atoms with Gasteiger partial charge in [-0.05, 0) is 54.3 Å². The van der Waals surface area contributed by atoms with Crippen molar-refractivity contribution in [3.8, 4) is 0 Å². The molecule has 3 N–H and O–H groups in total. The van der Waals surface area contributed by atoms with Gasteiger partial charge < -0.3 is 16.0 Å². The summed E-state index contributed by atoms with van der Waals surface area (Å²) in [5.74, 6) is 0.964. The maximum Gasteiger partial charge on any atom is 0.229 e. The van der Waals surface area contributed by atoms with Crippen LogP contribution < -0.4 is 16.0 Å². The van der Waals surface area contributed by atoms with Crippen molar-refractivity contribution in [2.24, 2.45) is 5.41 Å². The minimum absolute atomic E-state index is 0.0166. The van der Waals surface area contributed by atoms with Gasteiger partial charge in [-0.15, -0.1) is 0 Å². The Labute approximate surface area is 181 Å². The van der Waals surface area contributed by atoms with Gasteiger partial charge >= 0.3 is 0 Å².